The van der Waals surface area contributed by atoms with Crippen molar-refractivity contribution in [3.8, 4) is 5.95 Å². The van der Waals surface area contributed by atoms with Crippen molar-refractivity contribution in [2.45, 2.75) is 64.1 Å². The minimum atomic E-state index is -1.71. The molecule has 2 N–H and O–H groups in total. The summed E-state index contributed by atoms with van der Waals surface area (Å²) in [5.41, 5.74) is -3.25. The van der Waals surface area contributed by atoms with Crippen molar-refractivity contribution in [1.29, 1.82) is 0 Å². The van der Waals surface area contributed by atoms with Gasteiger partial charge in [0.2, 0.25) is 0 Å². The predicted molar refractivity (Wildman–Crippen MR) is 99.8 cm³/mol. The fraction of sp³-hybridized carbons (Fsp3) is 0.476. The maximum atomic E-state index is 12.8. The molecular formula is C21H24O7. The summed E-state index contributed by atoms with van der Waals surface area (Å²) in [7, 11) is 0. The average molecular weight is 388 g/mol. The number of hydrogen-bond donors (Lipinski definition) is 2. The number of aliphatic hydroxyl groups is 1. The van der Waals surface area contributed by atoms with Gasteiger partial charge in [0.1, 0.15) is 22.5 Å². The average Bonchev–Trinajstić information content (AvgIpc) is 3.08. The Kier molecular flexibility index (Phi) is 5.06. The lowest BCUT2D eigenvalue weighted by Gasteiger charge is -2.43. The number of aldehydes is 1. The molecular weight excluding hydrogens is 364 g/mol. The first kappa shape index (κ1) is 20.1. The van der Waals surface area contributed by atoms with Crippen molar-refractivity contribution >= 4 is 23.6 Å². The first-order valence-corrected chi connectivity index (χ1v) is 9.41. The standard InChI is InChI=1S/C21H24O7/c1-4-6-7-8-14(23)15-16-17-12(13(11-22)18(24)27-17)10-21(26,9-5-2)20(16,3)28-19(15)25/h5,9,11,24,26H,4,6-8,10H2,1-3H3/b9-5+/t20-,21-/m0/s1. The summed E-state index contributed by atoms with van der Waals surface area (Å²) in [4.78, 5) is 37.0. The van der Waals surface area contributed by atoms with E-state index in [2.05, 4.69) is 0 Å². The maximum Gasteiger partial charge on any atom is 0.343 e. The molecule has 1 aromatic rings. The first-order chi connectivity index (χ1) is 13.2. The van der Waals surface area contributed by atoms with E-state index in [1.54, 1.807) is 13.0 Å². The van der Waals surface area contributed by atoms with Gasteiger partial charge in [0.15, 0.2) is 17.7 Å². The van der Waals surface area contributed by atoms with E-state index in [4.69, 9.17) is 9.15 Å². The Hall–Kier alpha value is -2.67. The lowest BCUT2D eigenvalue weighted by atomic mass is 9.68. The third-order valence-corrected chi connectivity index (χ3v) is 5.60. The Bertz CT molecular complexity index is 904. The van der Waals surface area contributed by atoms with Crippen molar-refractivity contribution in [3.05, 3.63) is 34.6 Å². The van der Waals surface area contributed by atoms with Gasteiger partial charge in [-0.2, -0.15) is 0 Å². The van der Waals surface area contributed by atoms with Gasteiger partial charge in [-0.1, -0.05) is 31.9 Å². The highest BCUT2D eigenvalue weighted by Gasteiger charge is 2.62. The SMILES string of the molecule is C/C=C/[C@]1(O)Cc2c(oc(O)c2C=O)C2=C(C(=O)CCCCC)C(=O)O[C@@]21C. The second kappa shape index (κ2) is 7.05. The molecule has 0 fully saturated rings. The molecule has 0 unspecified atom stereocenters. The summed E-state index contributed by atoms with van der Waals surface area (Å²) in [5.74, 6) is -1.81. The van der Waals surface area contributed by atoms with E-state index in [1.807, 2.05) is 6.92 Å². The number of esters is 1. The summed E-state index contributed by atoms with van der Waals surface area (Å²) >= 11 is 0. The normalized spacial score (nSPS) is 26.4. The molecule has 3 rings (SSSR count). The molecule has 0 radical (unpaired) electrons. The van der Waals surface area contributed by atoms with Gasteiger partial charge in [-0.15, -0.1) is 0 Å². The summed E-state index contributed by atoms with van der Waals surface area (Å²) in [6, 6.07) is 0. The van der Waals surface area contributed by atoms with E-state index in [0.717, 1.165) is 12.8 Å². The van der Waals surface area contributed by atoms with Crippen LogP contribution in [0.2, 0.25) is 0 Å². The van der Waals surface area contributed by atoms with Crippen LogP contribution in [0.5, 0.6) is 5.95 Å². The second-order valence-electron chi connectivity index (χ2n) is 7.40. The molecule has 1 aromatic heterocycles. The van der Waals surface area contributed by atoms with Gasteiger partial charge >= 0.3 is 5.97 Å². The summed E-state index contributed by atoms with van der Waals surface area (Å²) in [6.07, 6.45) is 5.91. The highest BCUT2D eigenvalue weighted by atomic mass is 16.6. The van der Waals surface area contributed by atoms with Crippen LogP contribution in [-0.4, -0.2) is 39.5 Å². The number of furan rings is 1. The molecule has 7 heteroatoms. The van der Waals surface area contributed by atoms with E-state index < -0.39 is 28.9 Å². The minimum absolute atomic E-state index is 0.0426. The lowest BCUT2D eigenvalue weighted by molar-refractivity contribution is -0.161. The second-order valence-corrected chi connectivity index (χ2v) is 7.40. The number of aromatic hydroxyl groups is 1. The van der Waals surface area contributed by atoms with Gasteiger partial charge in [-0.25, -0.2) is 4.79 Å². The molecule has 0 saturated heterocycles. The Balaban J connectivity index is 2.26. The molecule has 0 spiro atoms. The third kappa shape index (κ3) is 2.73. The predicted octanol–water partition coefficient (Wildman–Crippen LogP) is 2.88. The highest BCUT2D eigenvalue weighted by Crippen LogP contribution is 2.55. The number of carbonyl (C=O) groups excluding carboxylic acids is 3. The monoisotopic (exact) mass is 388 g/mol. The molecule has 1 aliphatic carbocycles. The molecule has 2 aliphatic rings. The fourth-order valence-corrected chi connectivity index (χ4v) is 4.07. The van der Waals surface area contributed by atoms with Crippen molar-refractivity contribution in [2.24, 2.45) is 0 Å². The van der Waals surface area contributed by atoms with Crippen LogP contribution < -0.4 is 0 Å². The number of hydrogen-bond acceptors (Lipinski definition) is 7. The minimum Gasteiger partial charge on any atom is -0.480 e. The van der Waals surface area contributed by atoms with Gasteiger partial charge in [-0.05, 0) is 20.3 Å². The number of allylic oxidation sites excluding steroid dienone is 1. The largest absolute Gasteiger partial charge is 0.480 e. The topological polar surface area (TPSA) is 114 Å². The third-order valence-electron chi connectivity index (χ3n) is 5.60. The van der Waals surface area contributed by atoms with Gasteiger partial charge in [-0.3, -0.25) is 9.59 Å². The van der Waals surface area contributed by atoms with E-state index in [0.29, 0.717) is 12.7 Å². The van der Waals surface area contributed by atoms with E-state index in [1.165, 1.54) is 13.0 Å². The number of unbranched alkanes of at least 4 members (excludes halogenated alkanes) is 2. The number of carbonyl (C=O) groups is 3. The number of Topliss-reactive ketones (excluding diaryl/α,β-unsaturated/α-hetero) is 1. The Morgan fingerprint density at radius 1 is 1.32 bits per heavy atom. The number of ether oxygens (including phenoxy) is 1. The van der Waals surface area contributed by atoms with Crippen molar-refractivity contribution in [1.82, 2.24) is 0 Å². The van der Waals surface area contributed by atoms with Gasteiger partial charge < -0.3 is 19.4 Å². The molecule has 0 amide bonds. The Morgan fingerprint density at radius 3 is 2.64 bits per heavy atom. The van der Waals surface area contributed by atoms with E-state index in [-0.39, 0.29) is 40.9 Å². The zero-order chi connectivity index (χ0) is 20.7. The van der Waals surface area contributed by atoms with Crippen LogP contribution in [0.4, 0.5) is 0 Å². The van der Waals surface area contributed by atoms with Crippen molar-refractivity contribution < 1.29 is 33.8 Å². The number of rotatable bonds is 7. The van der Waals surface area contributed by atoms with Crippen LogP contribution in [0.25, 0.3) is 5.57 Å². The molecule has 2 heterocycles. The Labute approximate surface area is 162 Å². The van der Waals surface area contributed by atoms with Gasteiger partial charge in [0.05, 0.1) is 5.57 Å². The van der Waals surface area contributed by atoms with Crippen LogP contribution in [-0.2, 0) is 20.7 Å². The summed E-state index contributed by atoms with van der Waals surface area (Å²) in [6.45, 7) is 5.21. The number of fused-ring (bicyclic) bond motifs is 3. The summed E-state index contributed by atoms with van der Waals surface area (Å²) < 4.78 is 10.9. The Morgan fingerprint density at radius 2 is 2.04 bits per heavy atom. The van der Waals surface area contributed by atoms with Gasteiger partial charge in [0, 0.05) is 18.4 Å². The molecule has 0 saturated carbocycles. The van der Waals surface area contributed by atoms with E-state index >= 15 is 0 Å². The smallest absolute Gasteiger partial charge is 0.343 e. The van der Waals surface area contributed by atoms with Crippen LogP contribution in [0, 0.1) is 0 Å². The zero-order valence-corrected chi connectivity index (χ0v) is 16.2. The maximum absolute atomic E-state index is 12.8. The number of ketones is 1. The fourth-order valence-electron chi connectivity index (χ4n) is 4.07. The van der Waals surface area contributed by atoms with Crippen LogP contribution in [0.1, 0.15) is 68.1 Å². The van der Waals surface area contributed by atoms with Crippen molar-refractivity contribution in [3.63, 3.8) is 0 Å². The lowest BCUT2D eigenvalue weighted by Crippen LogP contribution is -2.56. The first-order valence-electron chi connectivity index (χ1n) is 9.41. The molecule has 2 atom stereocenters. The quantitative estimate of drug-likeness (QED) is 0.243. The molecule has 0 aromatic carbocycles. The zero-order valence-electron chi connectivity index (χ0n) is 16.2. The molecule has 1 aliphatic heterocycles. The molecule has 7 nitrogen and oxygen atoms in total. The summed E-state index contributed by atoms with van der Waals surface area (Å²) in [5, 5.41) is 21.4. The molecule has 0 bridgehead atoms. The highest BCUT2D eigenvalue weighted by molar-refractivity contribution is 6.26. The van der Waals surface area contributed by atoms with Crippen LogP contribution in [0.3, 0.4) is 0 Å². The molecule has 28 heavy (non-hydrogen) atoms. The molecule has 150 valence electrons. The van der Waals surface area contributed by atoms with Crippen molar-refractivity contribution in [2.75, 3.05) is 0 Å². The van der Waals surface area contributed by atoms with Crippen LogP contribution in [0.15, 0.2) is 22.1 Å². The van der Waals surface area contributed by atoms with Crippen LogP contribution >= 0.6 is 0 Å². The van der Waals surface area contributed by atoms with Gasteiger partial charge in [0.25, 0.3) is 5.95 Å². The van der Waals surface area contributed by atoms with E-state index in [9.17, 15) is 24.6 Å².